The van der Waals surface area contributed by atoms with Gasteiger partial charge < -0.3 is 4.90 Å². The summed E-state index contributed by atoms with van der Waals surface area (Å²) in [5.74, 6) is 1.07. The van der Waals surface area contributed by atoms with Gasteiger partial charge in [-0.2, -0.15) is 0 Å². The van der Waals surface area contributed by atoms with Gasteiger partial charge in [0.25, 0.3) is 0 Å². The van der Waals surface area contributed by atoms with Crippen LogP contribution in [0.3, 0.4) is 0 Å². The van der Waals surface area contributed by atoms with E-state index in [1.807, 2.05) is 0 Å². The number of likely N-dealkylation sites (tertiary alicyclic amines) is 1. The molecule has 0 N–H and O–H groups in total. The highest BCUT2D eigenvalue weighted by Gasteiger charge is 2.32. The van der Waals surface area contributed by atoms with Crippen molar-refractivity contribution in [1.29, 1.82) is 0 Å². The molecule has 0 aromatic heterocycles. The fourth-order valence-corrected chi connectivity index (χ4v) is 2.03. The Morgan fingerprint density at radius 3 is 2.30 bits per heavy atom. The van der Waals surface area contributed by atoms with Gasteiger partial charge in [0.15, 0.2) is 0 Å². The Hall–Kier alpha value is -0.0400. The van der Waals surface area contributed by atoms with Gasteiger partial charge in [0.05, 0.1) is 0 Å². The minimum absolute atomic E-state index is 0.905. The Morgan fingerprint density at radius 2 is 1.80 bits per heavy atom. The molecular formula is C9H17N. The van der Waals surface area contributed by atoms with Crippen molar-refractivity contribution in [2.45, 2.75) is 38.6 Å². The summed E-state index contributed by atoms with van der Waals surface area (Å²) in [6.45, 7) is 5.15. The second-order valence-corrected chi connectivity index (χ2v) is 3.82. The summed E-state index contributed by atoms with van der Waals surface area (Å²) in [4.78, 5) is 2.66. The molecule has 2 aliphatic rings. The van der Waals surface area contributed by atoms with Crippen molar-refractivity contribution < 1.29 is 0 Å². The van der Waals surface area contributed by atoms with Crippen LogP contribution in [0.15, 0.2) is 0 Å². The van der Waals surface area contributed by atoms with Crippen molar-refractivity contribution in [3.63, 3.8) is 0 Å². The first-order valence-electron chi connectivity index (χ1n) is 4.62. The quantitative estimate of drug-likeness (QED) is 0.564. The van der Waals surface area contributed by atoms with Gasteiger partial charge in [-0.25, -0.2) is 0 Å². The van der Waals surface area contributed by atoms with Crippen molar-refractivity contribution in [3.8, 4) is 0 Å². The van der Waals surface area contributed by atoms with Gasteiger partial charge in [-0.3, -0.25) is 0 Å². The van der Waals surface area contributed by atoms with E-state index in [2.05, 4.69) is 11.8 Å². The normalized spacial score (nSPS) is 30.9. The summed E-state index contributed by atoms with van der Waals surface area (Å²) in [6, 6.07) is 0.905. The van der Waals surface area contributed by atoms with Gasteiger partial charge in [0.1, 0.15) is 0 Å². The maximum atomic E-state index is 2.66. The molecule has 0 amide bonds. The van der Waals surface area contributed by atoms with Crippen molar-refractivity contribution in [1.82, 2.24) is 4.90 Å². The molecule has 2 rings (SSSR count). The standard InChI is InChI=1S/C9H17N/c1-8(9-4-5-9)10-6-2-3-7-10/h8-9H,2-7H2,1H3. The van der Waals surface area contributed by atoms with E-state index >= 15 is 0 Å². The molecule has 1 aliphatic heterocycles. The third-order valence-corrected chi connectivity index (χ3v) is 3.02. The lowest BCUT2D eigenvalue weighted by molar-refractivity contribution is 0.235. The molecular weight excluding hydrogens is 122 g/mol. The minimum atomic E-state index is 0.905. The van der Waals surface area contributed by atoms with Crippen LogP contribution >= 0.6 is 0 Å². The van der Waals surface area contributed by atoms with Crippen molar-refractivity contribution in [3.05, 3.63) is 0 Å². The lowest BCUT2D eigenvalue weighted by Crippen LogP contribution is -2.31. The number of hydrogen-bond acceptors (Lipinski definition) is 1. The first kappa shape index (κ1) is 6.66. The van der Waals surface area contributed by atoms with E-state index in [1.54, 1.807) is 0 Å². The van der Waals surface area contributed by atoms with E-state index in [0.29, 0.717) is 0 Å². The van der Waals surface area contributed by atoms with Crippen molar-refractivity contribution >= 4 is 0 Å². The molecule has 58 valence electrons. The molecule has 1 heteroatoms. The first-order chi connectivity index (χ1) is 4.88. The first-order valence-corrected chi connectivity index (χ1v) is 4.62. The van der Waals surface area contributed by atoms with Crippen LogP contribution in [0.25, 0.3) is 0 Å². The van der Waals surface area contributed by atoms with Crippen LogP contribution in [0.5, 0.6) is 0 Å². The number of rotatable bonds is 2. The van der Waals surface area contributed by atoms with Crippen LogP contribution in [0.1, 0.15) is 32.6 Å². The van der Waals surface area contributed by atoms with E-state index in [9.17, 15) is 0 Å². The minimum Gasteiger partial charge on any atom is -0.300 e. The van der Waals surface area contributed by atoms with Crippen LogP contribution in [0, 0.1) is 5.92 Å². The summed E-state index contributed by atoms with van der Waals surface area (Å²) in [6.07, 6.45) is 5.88. The Balaban J connectivity index is 1.84. The monoisotopic (exact) mass is 139 g/mol. The van der Waals surface area contributed by atoms with Crippen LogP contribution in [-0.4, -0.2) is 24.0 Å². The van der Waals surface area contributed by atoms with Crippen molar-refractivity contribution in [2.75, 3.05) is 13.1 Å². The largest absolute Gasteiger partial charge is 0.300 e. The van der Waals surface area contributed by atoms with E-state index in [0.717, 1.165) is 12.0 Å². The zero-order valence-corrected chi connectivity index (χ0v) is 6.84. The van der Waals surface area contributed by atoms with Crippen molar-refractivity contribution in [2.24, 2.45) is 5.92 Å². The topological polar surface area (TPSA) is 3.24 Å². The Labute approximate surface area is 63.4 Å². The number of nitrogens with zero attached hydrogens (tertiary/aromatic N) is 1. The second kappa shape index (κ2) is 2.54. The zero-order valence-electron chi connectivity index (χ0n) is 6.84. The molecule has 1 atom stereocenters. The van der Waals surface area contributed by atoms with E-state index < -0.39 is 0 Å². The van der Waals surface area contributed by atoms with Gasteiger partial charge in [-0.15, -0.1) is 0 Å². The van der Waals surface area contributed by atoms with E-state index in [4.69, 9.17) is 0 Å². The molecule has 1 saturated heterocycles. The summed E-state index contributed by atoms with van der Waals surface area (Å²) >= 11 is 0. The third-order valence-electron chi connectivity index (χ3n) is 3.02. The summed E-state index contributed by atoms with van der Waals surface area (Å²) in [5, 5.41) is 0. The third kappa shape index (κ3) is 1.20. The Bertz CT molecular complexity index is 112. The maximum Gasteiger partial charge on any atom is 0.00951 e. The van der Waals surface area contributed by atoms with Gasteiger partial charge in [-0.05, 0) is 51.6 Å². The predicted molar refractivity (Wildman–Crippen MR) is 43.0 cm³/mol. The van der Waals surface area contributed by atoms with Crippen LogP contribution < -0.4 is 0 Å². The smallest absolute Gasteiger partial charge is 0.00951 e. The van der Waals surface area contributed by atoms with Gasteiger partial charge in [0, 0.05) is 6.04 Å². The fourth-order valence-electron chi connectivity index (χ4n) is 2.03. The Kier molecular flexibility index (Phi) is 1.69. The summed E-state index contributed by atoms with van der Waals surface area (Å²) in [5.41, 5.74) is 0. The highest BCUT2D eigenvalue weighted by Crippen LogP contribution is 2.36. The molecule has 1 saturated carbocycles. The Morgan fingerprint density at radius 1 is 1.20 bits per heavy atom. The summed E-state index contributed by atoms with van der Waals surface area (Å²) < 4.78 is 0. The van der Waals surface area contributed by atoms with Crippen LogP contribution in [0.2, 0.25) is 0 Å². The molecule has 0 aromatic carbocycles. The molecule has 10 heavy (non-hydrogen) atoms. The van der Waals surface area contributed by atoms with Gasteiger partial charge in [-0.1, -0.05) is 0 Å². The molecule has 0 spiro atoms. The number of hydrogen-bond donors (Lipinski definition) is 0. The zero-order chi connectivity index (χ0) is 6.97. The molecule has 1 aliphatic carbocycles. The van der Waals surface area contributed by atoms with E-state index in [1.165, 1.54) is 38.8 Å². The highest BCUT2D eigenvalue weighted by atomic mass is 15.2. The SMILES string of the molecule is CC(C1CC1)N1CCCC1. The predicted octanol–water partition coefficient (Wildman–Crippen LogP) is 1.88. The maximum absolute atomic E-state index is 2.66. The van der Waals surface area contributed by atoms with E-state index in [-0.39, 0.29) is 0 Å². The fraction of sp³-hybridized carbons (Fsp3) is 1.00. The lowest BCUT2D eigenvalue weighted by atomic mass is 10.2. The van der Waals surface area contributed by atoms with Crippen LogP contribution in [0.4, 0.5) is 0 Å². The molecule has 0 radical (unpaired) electrons. The van der Waals surface area contributed by atoms with Gasteiger partial charge in [0.2, 0.25) is 0 Å². The molecule has 2 fully saturated rings. The lowest BCUT2D eigenvalue weighted by Gasteiger charge is -2.22. The molecule has 1 nitrogen and oxygen atoms in total. The average molecular weight is 139 g/mol. The average Bonchev–Trinajstić information content (AvgIpc) is 2.65. The van der Waals surface area contributed by atoms with Gasteiger partial charge >= 0.3 is 0 Å². The van der Waals surface area contributed by atoms with Crippen LogP contribution in [-0.2, 0) is 0 Å². The molecule has 1 heterocycles. The second-order valence-electron chi connectivity index (χ2n) is 3.82. The molecule has 0 aromatic rings. The summed E-state index contributed by atoms with van der Waals surface area (Å²) in [7, 11) is 0. The molecule has 1 unspecified atom stereocenters. The molecule has 0 bridgehead atoms. The highest BCUT2D eigenvalue weighted by molar-refractivity contribution is 4.86.